The number of benzene rings is 2. The molecular weight excluding hydrogens is 322 g/mol. The van der Waals surface area contributed by atoms with Crippen molar-refractivity contribution in [1.29, 1.82) is 0 Å². The summed E-state index contributed by atoms with van der Waals surface area (Å²) in [7, 11) is 3.20. The number of ether oxygens (including phenoxy) is 2. The molecule has 0 unspecified atom stereocenters. The lowest BCUT2D eigenvalue weighted by Crippen LogP contribution is -2.24. The Hall–Kier alpha value is -2.60. The van der Waals surface area contributed by atoms with Gasteiger partial charge in [-0.25, -0.2) is 0 Å². The smallest absolute Gasteiger partial charge is 0.191 e. The van der Waals surface area contributed by atoms with E-state index in [0.717, 1.165) is 16.8 Å². The monoisotopic (exact) mass is 343 g/mol. The maximum absolute atomic E-state index is 5.26. The molecule has 0 aliphatic heterocycles. The third-order valence-electron chi connectivity index (χ3n) is 3.42. The average molecular weight is 343 g/mol. The lowest BCUT2D eigenvalue weighted by molar-refractivity contribution is 0.355. The van der Waals surface area contributed by atoms with Gasteiger partial charge in [0.05, 0.1) is 20.4 Å². The van der Waals surface area contributed by atoms with Gasteiger partial charge in [-0.3, -0.25) is 5.43 Å². The Morgan fingerprint density at radius 2 is 1.79 bits per heavy atom. The zero-order valence-corrected chi connectivity index (χ0v) is 15.0. The third-order valence-corrected chi connectivity index (χ3v) is 3.61. The molecule has 2 aromatic carbocycles. The average Bonchev–Trinajstić information content (AvgIpc) is 2.57. The van der Waals surface area contributed by atoms with E-state index in [1.165, 1.54) is 5.56 Å². The van der Waals surface area contributed by atoms with E-state index >= 15 is 0 Å². The maximum atomic E-state index is 5.26. The van der Waals surface area contributed by atoms with E-state index in [0.29, 0.717) is 16.6 Å². The van der Waals surface area contributed by atoms with Gasteiger partial charge < -0.3 is 14.8 Å². The van der Waals surface area contributed by atoms with Gasteiger partial charge in [-0.2, -0.15) is 5.10 Å². The van der Waals surface area contributed by atoms with Crippen LogP contribution in [0, 0.1) is 13.8 Å². The Morgan fingerprint density at radius 3 is 2.46 bits per heavy atom. The molecule has 2 aromatic rings. The molecule has 24 heavy (non-hydrogen) atoms. The standard InChI is InChI=1S/C18H21N3O2S/c1-12-5-7-15(13(2)9-12)20-18(24)21-19-11-14-6-8-16(22-3)17(10-14)23-4/h5-11H,1-4H3,(H2,20,21,24)/b19-11-. The third kappa shape index (κ3) is 4.70. The lowest BCUT2D eigenvalue weighted by Gasteiger charge is -2.10. The van der Waals surface area contributed by atoms with Crippen LogP contribution in [0.4, 0.5) is 5.69 Å². The minimum atomic E-state index is 0.429. The molecule has 0 aliphatic carbocycles. The van der Waals surface area contributed by atoms with E-state index < -0.39 is 0 Å². The number of hydrazone groups is 1. The predicted octanol–water partition coefficient (Wildman–Crippen LogP) is 3.64. The van der Waals surface area contributed by atoms with E-state index in [-0.39, 0.29) is 0 Å². The van der Waals surface area contributed by atoms with Crippen molar-refractivity contribution < 1.29 is 9.47 Å². The number of methoxy groups -OCH3 is 2. The number of hydrogen-bond donors (Lipinski definition) is 2. The Morgan fingerprint density at radius 1 is 1.04 bits per heavy atom. The van der Waals surface area contributed by atoms with Gasteiger partial charge in [0.25, 0.3) is 0 Å². The van der Waals surface area contributed by atoms with E-state index in [1.54, 1.807) is 20.4 Å². The number of hydrogen-bond acceptors (Lipinski definition) is 4. The summed E-state index contributed by atoms with van der Waals surface area (Å²) in [5.41, 5.74) is 6.97. The molecule has 0 radical (unpaired) electrons. The minimum absolute atomic E-state index is 0.429. The first kappa shape index (κ1) is 17.7. The number of anilines is 1. The molecule has 2 N–H and O–H groups in total. The van der Waals surface area contributed by atoms with Crippen molar-refractivity contribution in [3.8, 4) is 11.5 Å². The summed E-state index contributed by atoms with van der Waals surface area (Å²) in [5, 5.41) is 7.70. The van der Waals surface area contributed by atoms with Gasteiger partial charge in [0.1, 0.15) is 0 Å². The first-order valence-electron chi connectivity index (χ1n) is 7.43. The van der Waals surface area contributed by atoms with Crippen molar-refractivity contribution in [1.82, 2.24) is 5.43 Å². The molecule has 2 rings (SSSR count). The molecule has 0 bridgehead atoms. The fourth-order valence-electron chi connectivity index (χ4n) is 2.20. The van der Waals surface area contributed by atoms with Crippen molar-refractivity contribution in [3.05, 3.63) is 53.1 Å². The van der Waals surface area contributed by atoms with Crippen molar-refractivity contribution in [2.45, 2.75) is 13.8 Å². The molecule has 5 nitrogen and oxygen atoms in total. The Balaban J connectivity index is 1.97. The second-order valence-corrected chi connectivity index (χ2v) is 5.67. The van der Waals surface area contributed by atoms with Crippen LogP contribution in [0.25, 0.3) is 0 Å². The molecule has 0 aliphatic rings. The number of nitrogens with zero attached hydrogens (tertiary/aromatic N) is 1. The normalized spacial score (nSPS) is 10.5. The molecule has 6 heteroatoms. The van der Waals surface area contributed by atoms with Crippen LogP contribution in [0.2, 0.25) is 0 Å². The van der Waals surface area contributed by atoms with Crippen molar-refractivity contribution in [3.63, 3.8) is 0 Å². The van der Waals surface area contributed by atoms with E-state index in [9.17, 15) is 0 Å². The van der Waals surface area contributed by atoms with Gasteiger partial charge in [0.2, 0.25) is 0 Å². The molecule has 0 heterocycles. The highest BCUT2D eigenvalue weighted by Gasteiger charge is 2.03. The maximum Gasteiger partial charge on any atom is 0.191 e. The second kappa shape index (κ2) is 8.31. The van der Waals surface area contributed by atoms with Gasteiger partial charge in [-0.05, 0) is 61.5 Å². The largest absolute Gasteiger partial charge is 0.493 e. The fourth-order valence-corrected chi connectivity index (χ4v) is 2.37. The number of thiocarbonyl (C=S) groups is 1. The van der Waals surface area contributed by atoms with Gasteiger partial charge in [-0.1, -0.05) is 17.7 Å². The molecular formula is C18H21N3O2S. The Labute approximate surface area is 147 Å². The first-order valence-corrected chi connectivity index (χ1v) is 7.83. The lowest BCUT2D eigenvalue weighted by atomic mass is 10.1. The SMILES string of the molecule is COc1ccc(/C=N\NC(=S)Nc2ccc(C)cc2C)cc1OC. The molecule has 0 aromatic heterocycles. The zero-order chi connectivity index (χ0) is 17.5. The van der Waals surface area contributed by atoms with Gasteiger partial charge in [-0.15, -0.1) is 0 Å². The first-order chi connectivity index (χ1) is 11.5. The highest BCUT2D eigenvalue weighted by atomic mass is 32.1. The second-order valence-electron chi connectivity index (χ2n) is 5.26. The summed E-state index contributed by atoms with van der Waals surface area (Å²) >= 11 is 5.25. The highest BCUT2D eigenvalue weighted by Crippen LogP contribution is 2.26. The zero-order valence-electron chi connectivity index (χ0n) is 14.2. The minimum Gasteiger partial charge on any atom is -0.493 e. The fraction of sp³-hybridized carbons (Fsp3) is 0.222. The number of nitrogens with one attached hydrogen (secondary N) is 2. The molecule has 0 saturated carbocycles. The summed E-state index contributed by atoms with van der Waals surface area (Å²) in [4.78, 5) is 0. The van der Waals surface area contributed by atoms with E-state index in [4.69, 9.17) is 21.7 Å². The van der Waals surface area contributed by atoms with Crippen LogP contribution in [-0.2, 0) is 0 Å². The van der Waals surface area contributed by atoms with Gasteiger partial charge >= 0.3 is 0 Å². The molecule has 0 fully saturated rings. The van der Waals surface area contributed by atoms with Crippen LogP contribution < -0.4 is 20.2 Å². The van der Waals surface area contributed by atoms with Crippen LogP contribution in [-0.4, -0.2) is 25.5 Å². The Bertz CT molecular complexity index is 760. The molecule has 0 saturated heterocycles. The van der Waals surface area contributed by atoms with Crippen LogP contribution >= 0.6 is 12.2 Å². The summed E-state index contributed by atoms with van der Waals surface area (Å²) in [5.74, 6) is 1.33. The summed E-state index contributed by atoms with van der Waals surface area (Å²) in [6.45, 7) is 4.09. The predicted molar refractivity (Wildman–Crippen MR) is 102 cm³/mol. The highest BCUT2D eigenvalue weighted by molar-refractivity contribution is 7.80. The summed E-state index contributed by atoms with van der Waals surface area (Å²) < 4.78 is 10.5. The summed E-state index contributed by atoms with van der Waals surface area (Å²) in [6.07, 6.45) is 1.66. The van der Waals surface area contributed by atoms with Crippen LogP contribution in [0.3, 0.4) is 0 Å². The topological polar surface area (TPSA) is 54.9 Å². The van der Waals surface area contributed by atoms with Crippen LogP contribution in [0.1, 0.15) is 16.7 Å². The van der Waals surface area contributed by atoms with Gasteiger partial charge in [0.15, 0.2) is 16.6 Å². The van der Waals surface area contributed by atoms with Crippen LogP contribution in [0.15, 0.2) is 41.5 Å². The van der Waals surface area contributed by atoms with Crippen molar-refractivity contribution in [2.24, 2.45) is 5.10 Å². The quantitative estimate of drug-likeness (QED) is 0.493. The molecule has 0 spiro atoms. The van der Waals surface area contributed by atoms with Gasteiger partial charge in [0, 0.05) is 5.69 Å². The molecule has 0 atom stereocenters. The summed E-state index contributed by atoms with van der Waals surface area (Å²) in [6, 6.07) is 11.7. The van der Waals surface area contributed by atoms with Crippen molar-refractivity contribution in [2.75, 3.05) is 19.5 Å². The van der Waals surface area contributed by atoms with E-state index in [1.807, 2.05) is 37.3 Å². The Kier molecular flexibility index (Phi) is 6.14. The van der Waals surface area contributed by atoms with Crippen molar-refractivity contribution >= 4 is 29.2 Å². The van der Waals surface area contributed by atoms with E-state index in [2.05, 4.69) is 28.8 Å². The molecule has 126 valence electrons. The van der Waals surface area contributed by atoms with Crippen LogP contribution in [0.5, 0.6) is 11.5 Å². The molecule has 0 amide bonds. The number of rotatable bonds is 5. The number of aryl methyl sites for hydroxylation is 2.